The van der Waals surface area contributed by atoms with E-state index in [0.717, 1.165) is 0 Å². The SMILES string of the molecule is COc1ccc(-n2c(O)c(C=NCC(C)(C)CN=Cc3c(O)n(-c4ccc(OC)c(OC)c4)c(=O)c4ccccc34)c3ccccc3c2=O)cc1OC. The lowest BCUT2D eigenvalue weighted by Crippen LogP contribution is -2.22. The first-order chi connectivity index (χ1) is 25.5. The summed E-state index contributed by atoms with van der Waals surface area (Å²) >= 11 is 0. The Bertz CT molecular complexity index is 2340. The fourth-order valence-corrected chi connectivity index (χ4v) is 6.20. The number of methoxy groups -OCH3 is 4. The molecule has 6 rings (SSSR count). The number of nitrogens with zero attached hydrogens (tertiary/aromatic N) is 4. The van der Waals surface area contributed by atoms with Crippen molar-refractivity contribution in [3.63, 3.8) is 0 Å². The van der Waals surface area contributed by atoms with Gasteiger partial charge in [-0.05, 0) is 36.4 Å². The number of rotatable bonds is 12. The molecule has 0 spiro atoms. The first kappa shape index (κ1) is 36.2. The Kier molecular flexibility index (Phi) is 10.2. The molecule has 2 aromatic heterocycles. The number of aliphatic imine (C=N–C) groups is 2. The summed E-state index contributed by atoms with van der Waals surface area (Å²) in [5.74, 6) is 1.24. The van der Waals surface area contributed by atoms with Gasteiger partial charge in [0.15, 0.2) is 23.0 Å². The van der Waals surface area contributed by atoms with E-state index < -0.39 is 16.5 Å². The standard InChI is InChI=1S/C41H40N4O8/c1-41(2,23-42-21-31-27-11-7-9-13-29(27)37(46)44(39(31)48)25-15-17-33(50-3)35(19-25)52-5)24-43-22-32-28-12-8-10-14-30(28)38(47)45(40(32)49)26-16-18-34(51-4)36(20-26)53-6/h7-22,48-49H,23-24H2,1-6H3. The lowest BCUT2D eigenvalue weighted by molar-refractivity contribution is 0.354. The molecule has 0 unspecified atom stereocenters. The van der Waals surface area contributed by atoms with Gasteiger partial charge in [0.25, 0.3) is 11.1 Å². The molecule has 0 amide bonds. The third-order valence-electron chi connectivity index (χ3n) is 8.94. The summed E-state index contributed by atoms with van der Waals surface area (Å²) in [4.78, 5) is 36.7. The smallest absolute Gasteiger partial charge is 0.265 e. The molecule has 0 atom stereocenters. The van der Waals surface area contributed by atoms with Gasteiger partial charge in [-0.2, -0.15) is 0 Å². The zero-order chi connectivity index (χ0) is 37.9. The molecule has 4 aromatic carbocycles. The second-order valence-electron chi connectivity index (χ2n) is 13.0. The molecule has 12 nitrogen and oxygen atoms in total. The number of benzene rings is 4. The van der Waals surface area contributed by atoms with E-state index in [1.54, 1.807) is 97.4 Å². The van der Waals surface area contributed by atoms with E-state index in [4.69, 9.17) is 28.9 Å². The van der Waals surface area contributed by atoms with Gasteiger partial charge in [0.1, 0.15) is 0 Å². The van der Waals surface area contributed by atoms with E-state index in [1.165, 1.54) is 37.6 Å². The summed E-state index contributed by atoms with van der Waals surface area (Å²) in [6.45, 7) is 4.61. The molecule has 0 aliphatic heterocycles. The van der Waals surface area contributed by atoms with E-state index in [2.05, 4.69) is 0 Å². The number of pyridine rings is 2. The van der Waals surface area contributed by atoms with Gasteiger partial charge < -0.3 is 29.2 Å². The van der Waals surface area contributed by atoms with Crippen molar-refractivity contribution in [3.8, 4) is 46.1 Å². The molecule has 0 bridgehead atoms. The van der Waals surface area contributed by atoms with Crippen LogP contribution in [0, 0.1) is 5.41 Å². The van der Waals surface area contributed by atoms with Crippen molar-refractivity contribution in [2.24, 2.45) is 15.4 Å². The number of ether oxygens (including phenoxy) is 4. The minimum absolute atomic E-state index is 0.271. The third-order valence-corrected chi connectivity index (χ3v) is 8.94. The van der Waals surface area contributed by atoms with Crippen LogP contribution in [0.3, 0.4) is 0 Å². The van der Waals surface area contributed by atoms with Gasteiger partial charge >= 0.3 is 0 Å². The zero-order valence-corrected chi connectivity index (χ0v) is 30.3. The van der Waals surface area contributed by atoms with Gasteiger partial charge in [-0.1, -0.05) is 50.2 Å². The van der Waals surface area contributed by atoms with Crippen molar-refractivity contribution in [2.75, 3.05) is 41.5 Å². The van der Waals surface area contributed by atoms with E-state index >= 15 is 0 Å². The number of aromatic nitrogens is 2. The molecule has 53 heavy (non-hydrogen) atoms. The minimum Gasteiger partial charge on any atom is -0.494 e. The first-order valence-corrected chi connectivity index (χ1v) is 16.7. The molecular formula is C41H40N4O8. The Hall–Kier alpha value is -6.56. The maximum Gasteiger partial charge on any atom is 0.265 e. The van der Waals surface area contributed by atoms with Crippen LogP contribution < -0.4 is 30.1 Å². The Morgan fingerprint density at radius 3 is 1.28 bits per heavy atom. The molecule has 0 fully saturated rings. The summed E-state index contributed by atoms with van der Waals surface area (Å²) < 4.78 is 24.0. The topological polar surface area (TPSA) is 146 Å². The fraction of sp³-hybridized carbons (Fsp3) is 0.220. The van der Waals surface area contributed by atoms with E-state index in [0.29, 0.717) is 80.1 Å². The lowest BCUT2D eigenvalue weighted by atomic mass is 9.94. The fourth-order valence-electron chi connectivity index (χ4n) is 6.20. The van der Waals surface area contributed by atoms with Crippen LogP contribution in [0.15, 0.2) is 105 Å². The van der Waals surface area contributed by atoms with Gasteiger partial charge in [-0.15, -0.1) is 0 Å². The molecule has 0 saturated carbocycles. The van der Waals surface area contributed by atoms with Gasteiger partial charge in [-0.3, -0.25) is 19.6 Å². The largest absolute Gasteiger partial charge is 0.494 e. The molecule has 0 saturated heterocycles. The summed E-state index contributed by atoms with van der Waals surface area (Å²) in [6, 6.07) is 24.0. The number of hydrogen-bond donors (Lipinski definition) is 2. The quantitative estimate of drug-likeness (QED) is 0.140. The minimum atomic E-state index is -0.473. The normalized spacial score (nSPS) is 11.9. The summed E-state index contributed by atoms with van der Waals surface area (Å²) in [6.07, 6.45) is 3.14. The van der Waals surface area contributed by atoms with Crippen LogP contribution in [0.5, 0.6) is 34.8 Å². The summed E-state index contributed by atoms with van der Waals surface area (Å²) in [5, 5.41) is 25.0. The van der Waals surface area contributed by atoms with Gasteiger partial charge in [0, 0.05) is 64.6 Å². The van der Waals surface area contributed by atoms with Crippen LogP contribution >= 0.6 is 0 Å². The Morgan fingerprint density at radius 1 is 0.566 bits per heavy atom. The number of fused-ring (bicyclic) bond motifs is 2. The molecule has 2 N–H and O–H groups in total. The maximum atomic E-state index is 13.6. The van der Waals surface area contributed by atoms with Gasteiger partial charge in [0.05, 0.1) is 50.9 Å². The summed E-state index contributed by atoms with van der Waals surface area (Å²) in [5.41, 5.74) is 0.281. The first-order valence-electron chi connectivity index (χ1n) is 16.7. The van der Waals surface area contributed by atoms with Crippen molar-refractivity contribution in [1.82, 2.24) is 9.13 Å². The average Bonchev–Trinajstić information content (AvgIpc) is 3.17. The highest BCUT2D eigenvalue weighted by Crippen LogP contribution is 2.34. The van der Waals surface area contributed by atoms with Crippen LogP contribution in [0.4, 0.5) is 0 Å². The van der Waals surface area contributed by atoms with Crippen LogP contribution in [-0.2, 0) is 0 Å². The number of hydrogen-bond acceptors (Lipinski definition) is 10. The molecule has 0 radical (unpaired) electrons. The van der Waals surface area contributed by atoms with Crippen molar-refractivity contribution < 1.29 is 29.2 Å². The molecule has 2 heterocycles. The van der Waals surface area contributed by atoms with Crippen LogP contribution in [0.1, 0.15) is 25.0 Å². The highest BCUT2D eigenvalue weighted by Gasteiger charge is 2.21. The molecule has 6 aromatic rings. The van der Waals surface area contributed by atoms with Crippen molar-refractivity contribution in [2.45, 2.75) is 13.8 Å². The van der Waals surface area contributed by atoms with Crippen molar-refractivity contribution in [3.05, 3.63) is 117 Å². The maximum absolute atomic E-state index is 13.6. The predicted octanol–water partition coefficient (Wildman–Crippen LogP) is 6.30. The Balaban J connectivity index is 1.31. The third kappa shape index (κ3) is 6.90. The molecular weight excluding hydrogens is 676 g/mol. The highest BCUT2D eigenvalue weighted by atomic mass is 16.5. The summed E-state index contributed by atoms with van der Waals surface area (Å²) in [7, 11) is 6.04. The molecule has 272 valence electrons. The predicted molar refractivity (Wildman–Crippen MR) is 207 cm³/mol. The molecule has 0 aliphatic carbocycles. The monoisotopic (exact) mass is 716 g/mol. The number of aromatic hydroxyl groups is 2. The average molecular weight is 717 g/mol. The highest BCUT2D eigenvalue weighted by molar-refractivity contribution is 6.02. The van der Waals surface area contributed by atoms with Crippen LogP contribution in [-0.4, -0.2) is 73.3 Å². The molecule has 12 heteroatoms. The van der Waals surface area contributed by atoms with E-state index in [9.17, 15) is 19.8 Å². The Labute approximate surface area is 305 Å². The van der Waals surface area contributed by atoms with E-state index in [1.807, 2.05) is 13.8 Å². The molecule has 0 aliphatic rings. The van der Waals surface area contributed by atoms with Gasteiger partial charge in [0.2, 0.25) is 11.8 Å². The van der Waals surface area contributed by atoms with Crippen LogP contribution in [0.25, 0.3) is 32.9 Å². The van der Waals surface area contributed by atoms with E-state index in [-0.39, 0.29) is 11.8 Å². The van der Waals surface area contributed by atoms with Crippen LogP contribution in [0.2, 0.25) is 0 Å². The van der Waals surface area contributed by atoms with Gasteiger partial charge in [-0.25, -0.2) is 9.13 Å². The second kappa shape index (κ2) is 15.0. The van der Waals surface area contributed by atoms with Crippen molar-refractivity contribution >= 4 is 34.0 Å². The zero-order valence-electron chi connectivity index (χ0n) is 30.3. The van der Waals surface area contributed by atoms with Crippen molar-refractivity contribution in [1.29, 1.82) is 0 Å². The Morgan fingerprint density at radius 2 is 0.925 bits per heavy atom. The lowest BCUT2D eigenvalue weighted by Gasteiger charge is -2.20. The second-order valence-corrected chi connectivity index (χ2v) is 13.0.